The Morgan fingerprint density at radius 3 is 2.47 bits per heavy atom. The second-order valence-corrected chi connectivity index (χ2v) is 9.70. The molecule has 1 N–H and O–H groups in total. The maximum absolute atomic E-state index is 14.2. The van der Waals surface area contributed by atoms with E-state index in [-0.39, 0.29) is 23.5 Å². The Kier molecular flexibility index (Phi) is 6.83. The van der Waals surface area contributed by atoms with Crippen LogP contribution in [0.15, 0.2) is 42.0 Å². The lowest BCUT2D eigenvalue weighted by Crippen LogP contribution is -2.53. The van der Waals surface area contributed by atoms with Crippen molar-refractivity contribution in [3.05, 3.63) is 47.5 Å². The van der Waals surface area contributed by atoms with Crippen molar-refractivity contribution in [1.29, 1.82) is 0 Å². The lowest BCUT2D eigenvalue weighted by atomic mass is 9.66. The van der Waals surface area contributed by atoms with Gasteiger partial charge in [0.15, 0.2) is 0 Å². The van der Waals surface area contributed by atoms with E-state index >= 15 is 0 Å². The molecular formula is C25H33F3O4. The lowest BCUT2D eigenvalue weighted by molar-refractivity contribution is -0.280. The molecule has 178 valence electrons. The summed E-state index contributed by atoms with van der Waals surface area (Å²) in [6.07, 6.45) is 0.327. The number of rotatable bonds is 8. The van der Waals surface area contributed by atoms with Crippen LogP contribution >= 0.6 is 0 Å². The van der Waals surface area contributed by atoms with E-state index in [1.165, 1.54) is 24.3 Å². The number of carbonyl (C=O) groups is 1. The zero-order chi connectivity index (χ0) is 23.8. The van der Waals surface area contributed by atoms with Gasteiger partial charge in [-0.1, -0.05) is 55.8 Å². The van der Waals surface area contributed by atoms with E-state index in [0.29, 0.717) is 6.42 Å². The van der Waals surface area contributed by atoms with Gasteiger partial charge >= 0.3 is 12.1 Å². The molecule has 3 rings (SSSR count). The van der Waals surface area contributed by atoms with Crippen LogP contribution in [0.4, 0.5) is 13.2 Å². The molecule has 0 saturated heterocycles. The zero-order valence-electron chi connectivity index (χ0n) is 19.2. The van der Waals surface area contributed by atoms with E-state index in [2.05, 4.69) is 6.92 Å². The first kappa shape index (κ1) is 24.8. The second-order valence-electron chi connectivity index (χ2n) is 9.70. The number of hydrogen-bond donors (Lipinski definition) is 1. The number of benzene rings is 1. The van der Waals surface area contributed by atoms with E-state index in [4.69, 9.17) is 9.47 Å². The fourth-order valence-electron chi connectivity index (χ4n) is 5.92. The quantitative estimate of drug-likeness (QED) is 0.414. The number of carbonyl (C=O) groups excluding carboxylic acids is 1. The molecule has 0 heterocycles. The monoisotopic (exact) mass is 454 g/mol. The van der Waals surface area contributed by atoms with Crippen molar-refractivity contribution in [2.45, 2.75) is 70.8 Å². The summed E-state index contributed by atoms with van der Waals surface area (Å²) < 4.78 is 53.3. The van der Waals surface area contributed by atoms with Gasteiger partial charge in [-0.25, -0.2) is 4.79 Å². The molecule has 0 amide bonds. The maximum Gasteiger partial charge on any atom is 0.432 e. The fraction of sp³-hybridized carbons (Fsp3) is 0.640. The van der Waals surface area contributed by atoms with Crippen molar-refractivity contribution < 1.29 is 32.5 Å². The number of alkyl halides is 3. The predicted octanol–water partition coefficient (Wildman–Crippen LogP) is 5.55. The maximum atomic E-state index is 14.2. The lowest BCUT2D eigenvalue weighted by Gasteiger charge is -2.42. The van der Waals surface area contributed by atoms with Crippen molar-refractivity contribution in [3.63, 3.8) is 0 Å². The van der Waals surface area contributed by atoms with Crippen LogP contribution in [0, 0.1) is 16.7 Å². The fourth-order valence-corrected chi connectivity index (χ4v) is 5.92. The molecule has 0 aliphatic heterocycles. The Bertz CT molecular complexity index is 852. The van der Waals surface area contributed by atoms with Crippen molar-refractivity contribution in [2.24, 2.45) is 16.7 Å². The van der Waals surface area contributed by atoms with Gasteiger partial charge in [0.25, 0.3) is 5.60 Å². The molecule has 2 aliphatic rings. The minimum absolute atomic E-state index is 0.00762. The summed E-state index contributed by atoms with van der Waals surface area (Å²) in [6.45, 7) is 6.06. The number of aliphatic hydroxyl groups excluding tert-OH is 1. The van der Waals surface area contributed by atoms with Gasteiger partial charge in [-0.05, 0) is 50.4 Å². The Balaban J connectivity index is 1.87. The van der Waals surface area contributed by atoms with Gasteiger partial charge in [0, 0.05) is 18.1 Å². The van der Waals surface area contributed by atoms with Crippen LogP contribution in [0.1, 0.15) is 58.4 Å². The average molecular weight is 455 g/mol. The Labute approximate surface area is 187 Å². The third kappa shape index (κ3) is 3.77. The first-order valence-corrected chi connectivity index (χ1v) is 11.1. The molecule has 2 aliphatic carbocycles. The molecule has 7 heteroatoms. The summed E-state index contributed by atoms with van der Waals surface area (Å²) in [5, 5.41) is 9.23. The molecule has 2 fully saturated rings. The normalized spacial score (nSPS) is 32.1. The Morgan fingerprint density at radius 1 is 1.25 bits per heavy atom. The Hall–Kier alpha value is -1.86. The molecule has 0 radical (unpaired) electrons. The second kappa shape index (κ2) is 8.82. The number of aliphatic hydroxyl groups is 1. The van der Waals surface area contributed by atoms with E-state index in [0.717, 1.165) is 38.4 Å². The zero-order valence-corrected chi connectivity index (χ0v) is 19.2. The average Bonchev–Trinajstić information content (AvgIpc) is 3.10. The summed E-state index contributed by atoms with van der Waals surface area (Å²) in [7, 11) is 0.893. The number of halogens is 3. The van der Waals surface area contributed by atoms with Crippen molar-refractivity contribution in [2.75, 3.05) is 13.7 Å². The van der Waals surface area contributed by atoms with Crippen molar-refractivity contribution in [1.82, 2.24) is 0 Å². The van der Waals surface area contributed by atoms with Crippen molar-refractivity contribution >= 4 is 5.97 Å². The first-order chi connectivity index (χ1) is 15.0. The molecule has 5 atom stereocenters. The summed E-state index contributed by atoms with van der Waals surface area (Å²) in [5.41, 5.74) is -3.14. The molecular weight excluding hydrogens is 421 g/mol. The number of fused-ring (bicyclic) bond motifs is 2. The van der Waals surface area contributed by atoms with Gasteiger partial charge in [0.05, 0.1) is 6.61 Å². The minimum atomic E-state index is -4.98. The van der Waals surface area contributed by atoms with Crippen molar-refractivity contribution in [3.8, 4) is 0 Å². The standard InChI is InChI=1S/C25H33F3O4/c1-17(16-29)9-8-13-22(2)19-12-14-23(22,3)20(15-19)32-21(30)24(31-4,25(26,27)28)18-10-6-5-7-11-18/h5-7,9-11,19-20,29H,8,12-16H2,1-4H3/b17-9-/t19-,20+,22?,23+,24-/m0/s1. The topological polar surface area (TPSA) is 55.8 Å². The number of hydrogen-bond acceptors (Lipinski definition) is 4. The largest absolute Gasteiger partial charge is 0.459 e. The van der Waals surface area contributed by atoms with E-state index in [1.807, 2.05) is 19.9 Å². The molecule has 0 aromatic heterocycles. The molecule has 1 aromatic rings. The number of allylic oxidation sites excluding steroid dienone is 1. The van der Waals surface area contributed by atoms with E-state index in [1.54, 1.807) is 6.07 Å². The highest BCUT2D eigenvalue weighted by Gasteiger charge is 2.68. The number of ether oxygens (including phenoxy) is 2. The van der Waals surface area contributed by atoms with Gasteiger partial charge in [0.1, 0.15) is 6.10 Å². The summed E-state index contributed by atoms with van der Waals surface area (Å²) >= 11 is 0. The smallest absolute Gasteiger partial charge is 0.432 e. The van der Waals surface area contributed by atoms with Crippen LogP contribution < -0.4 is 0 Å². The van der Waals surface area contributed by atoms with Crippen LogP contribution in [0.5, 0.6) is 0 Å². The molecule has 4 nitrogen and oxygen atoms in total. The Morgan fingerprint density at radius 2 is 1.91 bits per heavy atom. The van der Waals surface area contributed by atoms with Gasteiger partial charge in [-0.3, -0.25) is 0 Å². The highest BCUT2D eigenvalue weighted by atomic mass is 19.4. The summed E-state index contributed by atoms with van der Waals surface area (Å²) in [5.74, 6) is -1.14. The molecule has 32 heavy (non-hydrogen) atoms. The number of methoxy groups -OCH3 is 1. The molecule has 2 saturated carbocycles. The third-order valence-electron chi connectivity index (χ3n) is 8.26. The van der Waals surface area contributed by atoms with Crippen LogP contribution in [0.2, 0.25) is 0 Å². The van der Waals surface area contributed by atoms with Crippen LogP contribution in [0.25, 0.3) is 0 Å². The molecule has 0 spiro atoms. The minimum Gasteiger partial charge on any atom is -0.459 e. The number of esters is 1. The third-order valence-corrected chi connectivity index (χ3v) is 8.26. The van der Waals surface area contributed by atoms with Gasteiger partial charge < -0.3 is 14.6 Å². The van der Waals surface area contributed by atoms with Gasteiger partial charge in [-0.15, -0.1) is 0 Å². The van der Waals surface area contributed by atoms with E-state index < -0.39 is 29.3 Å². The van der Waals surface area contributed by atoms with Crippen LogP contribution in [-0.4, -0.2) is 37.1 Å². The highest BCUT2D eigenvalue weighted by Crippen LogP contribution is 2.68. The highest BCUT2D eigenvalue weighted by molar-refractivity contribution is 5.83. The summed E-state index contributed by atoms with van der Waals surface area (Å²) in [4.78, 5) is 13.2. The SMILES string of the molecule is CO[C@](C(=O)O[C@@H]1C[C@@H]2CC[C@@]1(C)C2(C)CC/C=C(/C)CO)(c1ccccc1)C(F)(F)F. The molecule has 2 bridgehead atoms. The van der Waals surface area contributed by atoms with Gasteiger partial charge in [0.2, 0.25) is 0 Å². The summed E-state index contributed by atoms with van der Waals surface area (Å²) in [6, 6.07) is 6.95. The van der Waals surface area contributed by atoms with Gasteiger partial charge in [-0.2, -0.15) is 13.2 Å². The molecule has 1 aromatic carbocycles. The molecule has 1 unspecified atom stereocenters. The van der Waals surface area contributed by atoms with E-state index in [9.17, 15) is 23.1 Å². The predicted molar refractivity (Wildman–Crippen MR) is 115 cm³/mol. The van der Waals surface area contributed by atoms with Crippen LogP contribution in [0.3, 0.4) is 0 Å². The van der Waals surface area contributed by atoms with Crippen LogP contribution in [-0.2, 0) is 19.9 Å². The first-order valence-electron chi connectivity index (χ1n) is 11.1.